The lowest BCUT2D eigenvalue weighted by molar-refractivity contribution is 0.0697. The fourth-order valence-corrected chi connectivity index (χ4v) is 1.67. The van der Waals surface area contributed by atoms with Gasteiger partial charge in [-0.05, 0) is 31.5 Å². The Hall–Kier alpha value is -1.22. The zero-order valence-electron chi connectivity index (χ0n) is 9.70. The predicted molar refractivity (Wildman–Crippen MR) is 66.6 cm³/mol. The molecule has 0 saturated heterocycles. The molecule has 0 aliphatic rings. The molecule has 0 spiro atoms. The van der Waals surface area contributed by atoms with Crippen LogP contribution in [0.1, 0.15) is 30.6 Å². The number of benzene rings is 1. The molecule has 0 saturated carbocycles. The molecule has 16 heavy (non-hydrogen) atoms. The lowest BCUT2D eigenvalue weighted by atomic mass is 10.1. The minimum Gasteiger partial charge on any atom is -0.478 e. The molecule has 1 atom stereocenters. The van der Waals surface area contributed by atoms with Crippen molar-refractivity contribution in [3.05, 3.63) is 28.8 Å². The third-order valence-electron chi connectivity index (χ3n) is 2.82. The zero-order chi connectivity index (χ0) is 12.3. The summed E-state index contributed by atoms with van der Waals surface area (Å²) in [4.78, 5) is 13.1. The van der Waals surface area contributed by atoms with Crippen LogP contribution in [0, 0.1) is 0 Å². The number of nitrogens with zero attached hydrogens (tertiary/aromatic N) is 1. The molecule has 0 aliphatic heterocycles. The van der Waals surface area contributed by atoms with Gasteiger partial charge in [-0.25, -0.2) is 4.79 Å². The highest BCUT2D eigenvalue weighted by molar-refractivity contribution is 6.31. The average molecular weight is 242 g/mol. The lowest BCUT2D eigenvalue weighted by Gasteiger charge is -2.27. The minimum atomic E-state index is -0.951. The van der Waals surface area contributed by atoms with Crippen molar-refractivity contribution in [2.75, 3.05) is 11.9 Å². The first-order valence-electron chi connectivity index (χ1n) is 5.23. The van der Waals surface area contributed by atoms with E-state index in [1.807, 2.05) is 11.9 Å². The molecule has 1 N–H and O–H groups in total. The lowest BCUT2D eigenvalue weighted by Crippen LogP contribution is -2.29. The van der Waals surface area contributed by atoms with Gasteiger partial charge in [-0.3, -0.25) is 0 Å². The van der Waals surface area contributed by atoms with Crippen LogP contribution in [0.25, 0.3) is 0 Å². The minimum absolute atomic E-state index is 0.246. The van der Waals surface area contributed by atoms with Crippen molar-refractivity contribution in [2.45, 2.75) is 26.3 Å². The Kier molecular flexibility index (Phi) is 4.19. The third kappa shape index (κ3) is 2.67. The van der Waals surface area contributed by atoms with Gasteiger partial charge in [0.1, 0.15) is 0 Å². The number of anilines is 1. The SMILES string of the molecule is CCC(C)N(C)c1ccc(Cl)cc1C(=O)O. The van der Waals surface area contributed by atoms with E-state index < -0.39 is 5.97 Å². The molecule has 1 aromatic carbocycles. The van der Waals surface area contributed by atoms with Crippen LogP contribution >= 0.6 is 11.6 Å². The zero-order valence-corrected chi connectivity index (χ0v) is 10.5. The van der Waals surface area contributed by atoms with E-state index in [4.69, 9.17) is 16.7 Å². The average Bonchev–Trinajstić information content (AvgIpc) is 2.26. The highest BCUT2D eigenvalue weighted by Gasteiger charge is 2.16. The summed E-state index contributed by atoms with van der Waals surface area (Å²) in [7, 11) is 1.89. The summed E-state index contributed by atoms with van der Waals surface area (Å²) in [5, 5.41) is 9.55. The van der Waals surface area contributed by atoms with Gasteiger partial charge < -0.3 is 10.0 Å². The smallest absolute Gasteiger partial charge is 0.337 e. The van der Waals surface area contributed by atoms with E-state index >= 15 is 0 Å². The molecular weight excluding hydrogens is 226 g/mol. The Labute approximate surface area is 101 Å². The van der Waals surface area contributed by atoms with Crippen LogP contribution in [0.5, 0.6) is 0 Å². The van der Waals surface area contributed by atoms with Crippen molar-refractivity contribution in [3.63, 3.8) is 0 Å². The second kappa shape index (κ2) is 5.21. The standard InChI is InChI=1S/C12H16ClNO2/c1-4-8(2)14(3)11-6-5-9(13)7-10(11)12(15)16/h5-8H,4H2,1-3H3,(H,15,16). The van der Waals surface area contributed by atoms with E-state index in [0.29, 0.717) is 16.8 Å². The molecular formula is C12H16ClNO2. The third-order valence-corrected chi connectivity index (χ3v) is 3.06. The summed E-state index contributed by atoms with van der Waals surface area (Å²) >= 11 is 5.80. The molecule has 0 radical (unpaired) electrons. The summed E-state index contributed by atoms with van der Waals surface area (Å²) in [6, 6.07) is 5.23. The Morgan fingerprint density at radius 3 is 2.69 bits per heavy atom. The number of carboxylic acid groups (broad SMARTS) is 1. The quantitative estimate of drug-likeness (QED) is 0.880. The van der Waals surface area contributed by atoms with Crippen LogP contribution < -0.4 is 4.90 Å². The Balaban J connectivity index is 3.17. The van der Waals surface area contributed by atoms with Crippen molar-refractivity contribution in [3.8, 4) is 0 Å². The topological polar surface area (TPSA) is 40.5 Å². The first-order valence-corrected chi connectivity index (χ1v) is 5.60. The van der Waals surface area contributed by atoms with E-state index in [2.05, 4.69) is 13.8 Å². The van der Waals surface area contributed by atoms with Crippen LogP contribution in [-0.4, -0.2) is 24.2 Å². The highest BCUT2D eigenvalue weighted by Crippen LogP contribution is 2.25. The molecule has 1 unspecified atom stereocenters. The highest BCUT2D eigenvalue weighted by atomic mass is 35.5. The van der Waals surface area contributed by atoms with Gasteiger partial charge in [0.25, 0.3) is 0 Å². The van der Waals surface area contributed by atoms with Crippen molar-refractivity contribution in [1.82, 2.24) is 0 Å². The van der Waals surface area contributed by atoms with Gasteiger partial charge in [0.15, 0.2) is 0 Å². The second-order valence-corrected chi connectivity index (χ2v) is 4.27. The largest absolute Gasteiger partial charge is 0.478 e. The molecule has 0 aliphatic carbocycles. The number of hydrogen-bond acceptors (Lipinski definition) is 2. The van der Waals surface area contributed by atoms with Crippen LogP contribution in [0.2, 0.25) is 5.02 Å². The molecule has 88 valence electrons. The Morgan fingerprint density at radius 1 is 1.56 bits per heavy atom. The summed E-state index contributed by atoms with van der Waals surface area (Å²) in [5.74, 6) is -0.951. The van der Waals surface area contributed by atoms with Gasteiger partial charge in [-0.1, -0.05) is 18.5 Å². The summed E-state index contributed by atoms with van der Waals surface area (Å²) in [5.41, 5.74) is 0.946. The number of aromatic carboxylic acids is 1. The second-order valence-electron chi connectivity index (χ2n) is 3.83. The molecule has 3 nitrogen and oxygen atoms in total. The van der Waals surface area contributed by atoms with Crippen molar-refractivity contribution in [2.24, 2.45) is 0 Å². The number of carbonyl (C=O) groups is 1. The van der Waals surface area contributed by atoms with E-state index in [0.717, 1.165) is 6.42 Å². The maximum Gasteiger partial charge on any atom is 0.337 e. The molecule has 0 aromatic heterocycles. The molecule has 0 bridgehead atoms. The summed E-state index contributed by atoms with van der Waals surface area (Å²) < 4.78 is 0. The molecule has 1 aromatic rings. The van der Waals surface area contributed by atoms with E-state index in [-0.39, 0.29) is 5.56 Å². The Morgan fingerprint density at radius 2 is 2.19 bits per heavy atom. The molecule has 0 fully saturated rings. The van der Waals surface area contributed by atoms with Crippen molar-refractivity contribution in [1.29, 1.82) is 0 Å². The van der Waals surface area contributed by atoms with E-state index in [1.165, 1.54) is 6.07 Å². The molecule has 0 heterocycles. The van der Waals surface area contributed by atoms with Gasteiger partial charge in [-0.2, -0.15) is 0 Å². The number of carboxylic acids is 1. The normalized spacial score (nSPS) is 12.2. The first kappa shape index (κ1) is 12.8. The van der Waals surface area contributed by atoms with Crippen LogP contribution in [0.3, 0.4) is 0 Å². The maximum atomic E-state index is 11.1. The fourth-order valence-electron chi connectivity index (χ4n) is 1.50. The van der Waals surface area contributed by atoms with Crippen molar-refractivity contribution < 1.29 is 9.90 Å². The summed E-state index contributed by atoms with van der Waals surface area (Å²) in [6.45, 7) is 4.12. The number of rotatable bonds is 4. The molecule has 0 amide bonds. The Bertz CT molecular complexity index is 393. The molecule has 1 rings (SSSR count). The maximum absolute atomic E-state index is 11.1. The predicted octanol–water partition coefficient (Wildman–Crippen LogP) is 3.27. The van der Waals surface area contributed by atoms with Gasteiger partial charge in [0.05, 0.1) is 11.3 Å². The van der Waals surface area contributed by atoms with Gasteiger partial charge in [-0.15, -0.1) is 0 Å². The van der Waals surface area contributed by atoms with Crippen LogP contribution in [0.4, 0.5) is 5.69 Å². The monoisotopic (exact) mass is 241 g/mol. The molecule has 4 heteroatoms. The summed E-state index contributed by atoms with van der Waals surface area (Å²) in [6.07, 6.45) is 0.957. The van der Waals surface area contributed by atoms with Crippen LogP contribution in [0.15, 0.2) is 18.2 Å². The van der Waals surface area contributed by atoms with Gasteiger partial charge in [0.2, 0.25) is 0 Å². The van der Waals surface area contributed by atoms with E-state index in [1.54, 1.807) is 12.1 Å². The number of halogens is 1. The van der Waals surface area contributed by atoms with Crippen LogP contribution in [-0.2, 0) is 0 Å². The van der Waals surface area contributed by atoms with E-state index in [9.17, 15) is 4.79 Å². The van der Waals surface area contributed by atoms with Gasteiger partial charge >= 0.3 is 5.97 Å². The fraction of sp³-hybridized carbons (Fsp3) is 0.417. The number of hydrogen-bond donors (Lipinski definition) is 1. The van der Waals surface area contributed by atoms with Crippen molar-refractivity contribution >= 4 is 23.3 Å². The first-order chi connectivity index (χ1) is 7.47. The van der Waals surface area contributed by atoms with Gasteiger partial charge in [0, 0.05) is 18.1 Å².